The van der Waals surface area contributed by atoms with E-state index in [-0.39, 0.29) is 11.3 Å². The molecular weight excluding hydrogens is 487 g/mol. The molecule has 2 amide bonds. The van der Waals surface area contributed by atoms with E-state index in [2.05, 4.69) is 20.4 Å². The second kappa shape index (κ2) is 8.95. The molecule has 0 aliphatic carbocycles. The Morgan fingerprint density at radius 1 is 1.17 bits per heavy atom. The highest BCUT2D eigenvalue weighted by molar-refractivity contribution is 6.12. The minimum Gasteiger partial charge on any atom is -0.346 e. The van der Waals surface area contributed by atoms with E-state index in [1.807, 2.05) is 0 Å². The molecular formula is C23H21F5N6O2. The largest absolute Gasteiger partial charge is 0.408 e. The van der Waals surface area contributed by atoms with Gasteiger partial charge in [-0.2, -0.15) is 18.3 Å². The van der Waals surface area contributed by atoms with Crippen LogP contribution in [0.1, 0.15) is 45.8 Å². The molecule has 0 aromatic carbocycles. The Morgan fingerprint density at radius 3 is 2.56 bits per heavy atom. The summed E-state index contributed by atoms with van der Waals surface area (Å²) in [5, 5.41) is 5.85. The Morgan fingerprint density at radius 2 is 1.89 bits per heavy atom. The number of carbonyl (C=O) groups excluding carboxylic acids is 2. The van der Waals surface area contributed by atoms with Crippen LogP contribution in [0.5, 0.6) is 0 Å². The number of carbonyl (C=O) groups is 2. The molecule has 3 aromatic rings. The van der Waals surface area contributed by atoms with Gasteiger partial charge in [0, 0.05) is 24.2 Å². The summed E-state index contributed by atoms with van der Waals surface area (Å²) in [6, 6.07) is 3.08. The van der Waals surface area contributed by atoms with E-state index >= 15 is 0 Å². The van der Waals surface area contributed by atoms with Gasteiger partial charge in [0.2, 0.25) is 0 Å². The maximum Gasteiger partial charge on any atom is 0.408 e. The summed E-state index contributed by atoms with van der Waals surface area (Å²) in [5.41, 5.74) is 1.27. The van der Waals surface area contributed by atoms with E-state index in [0.29, 0.717) is 32.8 Å². The molecule has 1 N–H and O–H groups in total. The number of alkyl halides is 5. The monoisotopic (exact) mass is 508 g/mol. The fraction of sp³-hybridized carbons (Fsp3) is 0.348. The number of halogens is 5. The molecule has 1 aliphatic heterocycles. The molecule has 3 aromatic heterocycles. The van der Waals surface area contributed by atoms with Gasteiger partial charge in [0.05, 0.1) is 46.5 Å². The van der Waals surface area contributed by atoms with E-state index in [4.69, 9.17) is 0 Å². The highest BCUT2D eigenvalue weighted by atomic mass is 19.4. The molecule has 0 radical (unpaired) electrons. The number of hydrogen-bond acceptors (Lipinski definition) is 5. The smallest absolute Gasteiger partial charge is 0.346 e. The predicted octanol–water partition coefficient (Wildman–Crippen LogP) is 4.10. The number of nitrogens with one attached hydrogen (secondary N) is 1. The van der Waals surface area contributed by atoms with Gasteiger partial charge in [0.1, 0.15) is 6.54 Å². The zero-order valence-electron chi connectivity index (χ0n) is 19.4. The van der Waals surface area contributed by atoms with Crippen LogP contribution in [0.2, 0.25) is 0 Å². The molecule has 8 nitrogen and oxygen atoms in total. The molecule has 0 atom stereocenters. The van der Waals surface area contributed by atoms with Crippen molar-refractivity contribution in [3.8, 4) is 11.3 Å². The fourth-order valence-corrected chi connectivity index (χ4v) is 4.16. The Kier molecular flexibility index (Phi) is 6.27. The quantitative estimate of drug-likeness (QED) is 0.506. The van der Waals surface area contributed by atoms with Gasteiger partial charge in [-0.25, -0.2) is 13.8 Å². The lowest BCUT2D eigenvalue weighted by Gasteiger charge is -2.30. The van der Waals surface area contributed by atoms with Crippen molar-refractivity contribution in [2.45, 2.75) is 45.5 Å². The molecule has 36 heavy (non-hydrogen) atoms. The van der Waals surface area contributed by atoms with Crippen molar-refractivity contribution in [1.29, 1.82) is 0 Å². The van der Waals surface area contributed by atoms with E-state index in [1.165, 1.54) is 29.6 Å². The first-order chi connectivity index (χ1) is 16.8. The van der Waals surface area contributed by atoms with Crippen molar-refractivity contribution in [3.05, 3.63) is 59.3 Å². The molecule has 0 saturated heterocycles. The average molecular weight is 508 g/mol. The van der Waals surface area contributed by atoms with Crippen LogP contribution in [0.3, 0.4) is 0 Å². The number of hydrogen-bond donors (Lipinski definition) is 1. The third-order valence-electron chi connectivity index (χ3n) is 5.70. The molecule has 0 spiro atoms. The first-order valence-corrected chi connectivity index (χ1v) is 10.8. The van der Waals surface area contributed by atoms with Gasteiger partial charge in [-0.1, -0.05) is 0 Å². The molecule has 13 heteroatoms. The summed E-state index contributed by atoms with van der Waals surface area (Å²) in [6.45, 7) is 3.02. The van der Waals surface area contributed by atoms with Crippen LogP contribution in [0.4, 0.5) is 27.6 Å². The van der Waals surface area contributed by atoms with Gasteiger partial charge in [0.15, 0.2) is 0 Å². The van der Waals surface area contributed by atoms with E-state index in [9.17, 15) is 31.5 Å². The number of rotatable bonds is 6. The SMILES string of the molecule is Cc1cc(-c2cncc(C(=O)NCC(F)F)c2)nc2c1C(=O)N(c1cnn(CC(F)(F)F)c1)C2(C)C. The van der Waals surface area contributed by atoms with Crippen LogP contribution in [0, 0.1) is 6.92 Å². The lowest BCUT2D eigenvalue weighted by molar-refractivity contribution is -0.142. The lowest BCUT2D eigenvalue weighted by Crippen LogP contribution is -2.39. The summed E-state index contributed by atoms with van der Waals surface area (Å²) in [4.78, 5) is 35.5. The number of fused-ring (bicyclic) bond motifs is 1. The number of aryl methyl sites for hydroxylation is 1. The maximum atomic E-state index is 13.3. The van der Waals surface area contributed by atoms with Gasteiger partial charge in [0.25, 0.3) is 18.2 Å². The fourth-order valence-electron chi connectivity index (χ4n) is 4.16. The van der Waals surface area contributed by atoms with Crippen LogP contribution in [0.25, 0.3) is 11.3 Å². The summed E-state index contributed by atoms with van der Waals surface area (Å²) >= 11 is 0. The molecule has 190 valence electrons. The topological polar surface area (TPSA) is 93.0 Å². The average Bonchev–Trinajstić information content (AvgIpc) is 3.30. The molecule has 0 unspecified atom stereocenters. The zero-order valence-corrected chi connectivity index (χ0v) is 19.4. The predicted molar refractivity (Wildman–Crippen MR) is 119 cm³/mol. The molecule has 4 rings (SSSR count). The van der Waals surface area contributed by atoms with Crippen molar-refractivity contribution >= 4 is 17.5 Å². The van der Waals surface area contributed by atoms with Crippen molar-refractivity contribution < 1.29 is 31.5 Å². The Labute approximate surface area is 202 Å². The van der Waals surface area contributed by atoms with Crippen LogP contribution < -0.4 is 10.2 Å². The minimum absolute atomic E-state index is 0.0575. The van der Waals surface area contributed by atoms with Gasteiger partial charge in [-0.3, -0.25) is 24.2 Å². The van der Waals surface area contributed by atoms with Crippen molar-refractivity contribution in [1.82, 2.24) is 25.1 Å². The molecule has 1 aliphatic rings. The second-order valence-corrected chi connectivity index (χ2v) is 8.82. The summed E-state index contributed by atoms with van der Waals surface area (Å²) in [6.07, 6.45) is -2.14. The summed E-state index contributed by atoms with van der Waals surface area (Å²) in [7, 11) is 0. The van der Waals surface area contributed by atoms with Crippen molar-refractivity contribution in [2.75, 3.05) is 11.4 Å². The number of pyridine rings is 2. The van der Waals surface area contributed by atoms with E-state index in [0.717, 1.165) is 6.20 Å². The first-order valence-electron chi connectivity index (χ1n) is 10.8. The normalized spacial score (nSPS) is 14.9. The van der Waals surface area contributed by atoms with Gasteiger partial charge in [-0.15, -0.1) is 0 Å². The Balaban J connectivity index is 1.69. The minimum atomic E-state index is -4.47. The van der Waals surface area contributed by atoms with Crippen molar-refractivity contribution in [3.63, 3.8) is 0 Å². The Bertz CT molecular complexity index is 1330. The van der Waals surface area contributed by atoms with Gasteiger partial charge in [-0.05, 0) is 38.5 Å². The zero-order chi connectivity index (χ0) is 26.4. The lowest BCUT2D eigenvalue weighted by atomic mass is 9.96. The van der Waals surface area contributed by atoms with Crippen LogP contribution in [-0.4, -0.2) is 50.7 Å². The van der Waals surface area contributed by atoms with Crippen LogP contribution in [0.15, 0.2) is 36.9 Å². The number of anilines is 1. The first kappa shape index (κ1) is 25.2. The Hall–Kier alpha value is -3.90. The third kappa shape index (κ3) is 4.77. The van der Waals surface area contributed by atoms with E-state index < -0.39 is 43.0 Å². The van der Waals surface area contributed by atoms with Crippen molar-refractivity contribution in [2.24, 2.45) is 0 Å². The molecule has 0 saturated carbocycles. The number of amides is 2. The number of aromatic nitrogens is 4. The highest BCUT2D eigenvalue weighted by Crippen LogP contribution is 2.43. The second-order valence-electron chi connectivity index (χ2n) is 8.82. The standard InChI is InChI=1S/C23H21F5N6O2/c1-12-4-16(13-5-14(7-29-6-13)20(35)30-9-17(24)25)32-19-18(12)21(36)34(22(19,2)3)15-8-31-33(10-15)11-23(26,27)28/h4-8,10,17H,9,11H2,1-3H3,(H,30,35). The summed E-state index contributed by atoms with van der Waals surface area (Å²) in [5.74, 6) is -1.16. The maximum absolute atomic E-state index is 13.3. The summed E-state index contributed by atoms with van der Waals surface area (Å²) < 4.78 is 63.9. The van der Waals surface area contributed by atoms with Gasteiger partial charge < -0.3 is 5.32 Å². The van der Waals surface area contributed by atoms with E-state index in [1.54, 1.807) is 26.8 Å². The molecule has 4 heterocycles. The third-order valence-corrected chi connectivity index (χ3v) is 5.70. The molecule has 0 fully saturated rings. The highest BCUT2D eigenvalue weighted by Gasteiger charge is 2.47. The van der Waals surface area contributed by atoms with Crippen LogP contribution in [-0.2, 0) is 12.1 Å². The van der Waals surface area contributed by atoms with Gasteiger partial charge >= 0.3 is 6.18 Å². The van der Waals surface area contributed by atoms with Crippen LogP contribution >= 0.6 is 0 Å². The number of nitrogens with zero attached hydrogens (tertiary/aromatic N) is 5. The molecule has 0 bridgehead atoms.